The monoisotopic (exact) mass is 338 g/mol. The van der Waals surface area contributed by atoms with Crippen LogP contribution >= 0.6 is 0 Å². The van der Waals surface area contributed by atoms with Crippen LogP contribution in [0.15, 0.2) is 53.3 Å². The van der Waals surface area contributed by atoms with E-state index < -0.39 is 0 Å². The Balaban J connectivity index is 1.49. The summed E-state index contributed by atoms with van der Waals surface area (Å²) < 4.78 is 13.1. The van der Waals surface area contributed by atoms with Crippen LogP contribution in [0.4, 0.5) is 0 Å². The predicted octanol–water partition coefficient (Wildman–Crippen LogP) is 2.72. The van der Waals surface area contributed by atoms with Crippen LogP contribution < -0.4 is 0 Å². The normalized spacial score (nSPS) is 17.6. The molecule has 0 fully saturated rings. The number of ether oxygens (including phenoxy) is 1. The van der Waals surface area contributed by atoms with Gasteiger partial charge in [-0.1, -0.05) is 35.5 Å². The molecule has 0 amide bonds. The fraction of sp³-hybridized carbons (Fsp3) is 0.368. The smallest absolute Gasteiger partial charge is 0.105 e. The summed E-state index contributed by atoms with van der Waals surface area (Å²) in [6, 6.07) is 12.4. The summed E-state index contributed by atoms with van der Waals surface area (Å²) >= 11 is 0. The molecule has 3 aromatic rings. The molecule has 4 rings (SSSR count). The Kier molecular flexibility index (Phi) is 4.63. The molecule has 3 heterocycles. The van der Waals surface area contributed by atoms with Gasteiger partial charge in [0.15, 0.2) is 0 Å². The molecule has 0 aliphatic carbocycles. The highest BCUT2D eigenvalue weighted by Crippen LogP contribution is 2.29. The summed E-state index contributed by atoms with van der Waals surface area (Å²) in [7, 11) is 1.96. The SMILES string of the molecule is Cn1nnc2c1CCN(Cc1ccoc1)[C@@H]2COCc1ccccc1. The van der Waals surface area contributed by atoms with Crippen LogP contribution in [-0.4, -0.2) is 33.0 Å². The number of nitrogens with zero attached hydrogens (tertiary/aromatic N) is 4. The van der Waals surface area contributed by atoms with Gasteiger partial charge in [-0.3, -0.25) is 9.58 Å². The Morgan fingerprint density at radius 2 is 2.08 bits per heavy atom. The van der Waals surface area contributed by atoms with Gasteiger partial charge >= 0.3 is 0 Å². The summed E-state index contributed by atoms with van der Waals surface area (Å²) in [6.45, 7) is 2.98. The van der Waals surface area contributed by atoms with Gasteiger partial charge in [-0.15, -0.1) is 5.10 Å². The van der Waals surface area contributed by atoms with Crippen molar-refractivity contribution in [1.82, 2.24) is 19.9 Å². The first kappa shape index (κ1) is 16.1. The molecule has 0 saturated carbocycles. The minimum absolute atomic E-state index is 0.107. The van der Waals surface area contributed by atoms with Gasteiger partial charge in [0.05, 0.1) is 37.5 Å². The Labute approximate surface area is 147 Å². The first-order valence-corrected chi connectivity index (χ1v) is 8.56. The molecule has 0 saturated heterocycles. The molecular weight excluding hydrogens is 316 g/mol. The van der Waals surface area contributed by atoms with E-state index in [1.54, 1.807) is 12.5 Å². The highest BCUT2D eigenvalue weighted by molar-refractivity contribution is 5.20. The van der Waals surface area contributed by atoms with Gasteiger partial charge < -0.3 is 9.15 Å². The van der Waals surface area contributed by atoms with E-state index >= 15 is 0 Å². The van der Waals surface area contributed by atoms with E-state index in [9.17, 15) is 0 Å². The van der Waals surface area contributed by atoms with Crippen molar-refractivity contribution in [3.8, 4) is 0 Å². The fourth-order valence-electron chi connectivity index (χ4n) is 3.37. The quantitative estimate of drug-likeness (QED) is 0.692. The average Bonchev–Trinajstić information content (AvgIpc) is 3.28. The highest BCUT2D eigenvalue weighted by Gasteiger charge is 2.31. The topological polar surface area (TPSA) is 56.3 Å². The molecular formula is C19H22N4O2. The third kappa shape index (κ3) is 3.50. The van der Waals surface area contributed by atoms with Crippen molar-refractivity contribution in [2.75, 3.05) is 13.2 Å². The molecule has 1 aliphatic heterocycles. The van der Waals surface area contributed by atoms with Crippen molar-refractivity contribution in [3.63, 3.8) is 0 Å². The minimum Gasteiger partial charge on any atom is -0.472 e. The predicted molar refractivity (Wildman–Crippen MR) is 92.7 cm³/mol. The second-order valence-corrected chi connectivity index (χ2v) is 6.41. The second kappa shape index (κ2) is 7.21. The molecule has 25 heavy (non-hydrogen) atoms. The lowest BCUT2D eigenvalue weighted by molar-refractivity contribution is 0.0388. The number of rotatable bonds is 6. The van der Waals surface area contributed by atoms with Gasteiger partial charge in [0.25, 0.3) is 0 Å². The van der Waals surface area contributed by atoms with Crippen molar-refractivity contribution in [1.29, 1.82) is 0 Å². The maximum atomic E-state index is 6.03. The fourth-order valence-corrected chi connectivity index (χ4v) is 3.37. The third-order valence-corrected chi connectivity index (χ3v) is 4.72. The van der Waals surface area contributed by atoms with E-state index in [4.69, 9.17) is 9.15 Å². The molecule has 0 unspecified atom stereocenters. The number of aryl methyl sites for hydroxylation is 1. The van der Waals surface area contributed by atoms with E-state index in [0.29, 0.717) is 13.2 Å². The minimum atomic E-state index is 0.107. The van der Waals surface area contributed by atoms with Crippen molar-refractivity contribution in [2.24, 2.45) is 7.05 Å². The van der Waals surface area contributed by atoms with Crippen LogP contribution in [-0.2, 0) is 31.4 Å². The molecule has 0 radical (unpaired) electrons. The lowest BCUT2D eigenvalue weighted by atomic mass is 10.0. The van der Waals surface area contributed by atoms with Crippen LogP contribution in [0.3, 0.4) is 0 Å². The zero-order chi connectivity index (χ0) is 17.1. The zero-order valence-electron chi connectivity index (χ0n) is 14.3. The molecule has 2 aromatic heterocycles. The molecule has 0 spiro atoms. The van der Waals surface area contributed by atoms with Crippen molar-refractivity contribution < 1.29 is 9.15 Å². The van der Waals surface area contributed by atoms with Gasteiger partial charge in [-0.2, -0.15) is 0 Å². The Morgan fingerprint density at radius 3 is 2.88 bits per heavy atom. The maximum Gasteiger partial charge on any atom is 0.105 e. The van der Waals surface area contributed by atoms with E-state index in [1.807, 2.05) is 36.0 Å². The van der Waals surface area contributed by atoms with Gasteiger partial charge in [0, 0.05) is 32.1 Å². The molecule has 1 atom stereocenters. The van der Waals surface area contributed by atoms with Crippen LogP contribution in [0, 0.1) is 0 Å². The molecule has 0 N–H and O–H groups in total. The van der Waals surface area contributed by atoms with E-state index in [2.05, 4.69) is 27.3 Å². The first-order valence-electron chi connectivity index (χ1n) is 8.56. The van der Waals surface area contributed by atoms with E-state index in [-0.39, 0.29) is 6.04 Å². The lowest BCUT2D eigenvalue weighted by Crippen LogP contribution is -2.38. The molecule has 130 valence electrons. The number of fused-ring (bicyclic) bond motifs is 1. The summed E-state index contributed by atoms with van der Waals surface area (Å²) in [5, 5.41) is 8.62. The molecule has 0 bridgehead atoms. The highest BCUT2D eigenvalue weighted by atomic mass is 16.5. The number of hydrogen-bond donors (Lipinski definition) is 0. The summed E-state index contributed by atoms with van der Waals surface area (Å²) in [5.74, 6) is 0. The van der Waals surface area contributed by atoms with Crippen LogP contribution in [0.5, 0.6) is 0 Å². The van der Waals surface area contributed by atoms with Crippen molar-refractivity contribution in [2.45, 2.75) is 25.6 Å². The van der Waals surface area contributed by atoms with Crippen LogP contribution in [0.25, 0.3) is 0 Å². The maximum absolute atomic E-state index is 6.03. The van der Waals surface area contributed by atoms with Gasteiger partial charge in [0.1, 0.15) is 5.69 Å². The number of benzene rings is 1. The average molecular weight is 338 g/mol. The Bertz CT molecular complexity index is 798. The standard InChI is InChI=1S/C19H22N4O2/c1-22-17-7-9-23(11-16-8-10-24-13-16)18(19(17)20-21-22)14-25-12-15-5-3-2-4-6-15/h2-6,8,10,13,18H,7,9,11-12,14H2,1H3/t18-/m1/s1. The Hall–Kier alpha value is -2.44. The van der Waals surface area contributed by atoms with Crippen molar-refractivity contribution in [3.05, 3.63) is 71.4 Å². The van der Waals surface area contributed by atoms with Crippen LogP contribution in [0.1, 0.15) is 28.6 Å². The Morgan fingerprint density at radius 1 is 1.20 bits per heavy atom. The lowest BCUT2D eigenvalue weighted by Gasteiger charge is -2.34. The summed E-state index contributed by atoms with van der Waals surface area (Å²) in [4.78, 5) is 2.40. The molecule has 6 heteroatoms. The van der Waals surface area contributed by atoms with E-state index in [1.165, 1.54) is 16.8 Å². The second-order valence-electron chi connectivity index (χ2n) is 6.41. The van der Waals surface area contributed by atoms with E-state index in [0.717, 1.165) is 25.2 Å². The van der Waals surface area contributed by atoms with Gasteiger partial charge in [0.2, 0.25) is 0 Å². The zero-order valence-corrected chi connectivity index (χ0v) is 14.3. The molecule has 1 aromatic carbocycles. The summed E-state index contributed by atoms with van der Waals surface area (Å²) in [6.07, 6.45) is 4.47. The largest absolute Gasteiger partial charge is 0.472 e. The van der Waals surface area contributed by atoms with Gasteiger partial charge in [-0.05, 0) is 11.6 Å². The number of furan rings is 1. The third-order valence-electron chi connectivity index (χ3n) is 4.72. The number of hydrogen-bond acceptors (Lipinski definition) is 5. The van der Waals surface area contributed by atoms with Gasteiger partial charge in [-0.25, -0.2) is 0 Å². The number of aromatic nitrogens is 3. The summed E-state index contributed by atoms with van der Waals surface area (Å²) in [5.41, 5.74) is 4.58. The first-order chi connectivity index (χ1) is 12.3. The molecule has 6 nitrogen and oxygen atoms in total. The van der Waals surface area contributed by atoms with Crippen LogP contribution in [0.2, 0.25) is 0 Å². The van der Waals surface area contributed by atoms with Crippen molar-refractivity contribution >= 4 is 0 Å². The molecule has 1 aliphatic rings.